The summed E-state index contributed by atoms with van der Waals surface area (Å²) in [5.74, 6) is 3.19. The van der Waals surface area contributed by atoms with E-state index in [9.17, 15) is 0 Å². The van der Waals surface area contributed by atoms with Gasteiger partial charge in [-0.1, -0.05) is 17.3 Å². The zero-order valence-electron chi connectivity index (χ0n) is 12.3. The maximum absolute atomic E-state index is 5.72. The van der Waals surface area contributed by atoms with Crippen molar-refractivity contribution in [1.29, 1.82) is 0 Å². The van der Waals surface area contributed by atoms with Crippen LogP contribution in [0, 0.1) is 24.7 Å². The molecular weight excluding hydrogens is 250 g/mol. The van der Waals surface area contributed by atoms with Crippen LogP contribution in [0.1, 0.15) is 19.4 Å². The first-order valence-electron chi connectivity index (χ1n) is 7.41. The Morgan fingerprint density at radius 2 is 2.05 bits per heavy atom. The first-order chi connectivity index (χ1) is 9.58. The van der Waals surface area contributed by atoms with Crippen LogP contribution in [0.4, 0.5) is 5.69 Å². The molecule has 4 heteroatoms. The van der Waals surface area contributed by atoms with E-state index in [0.717, 1.165) is 30.8 Å². The molecule has 1 saturated heterocycles. The smallest absolute Gasteiger partial charge is 0.209 e. The molecule has 106 valence electrons. The first-order valence-corrected chi connectivity index (χ1v) is 7.41. The molecule has 2 heterocycles. The molecule has 0 radical (unpaired) electrons. The molecule has 4 nitrogen and oxygen atoms in total. The van der Waals surface area contributed by atoms with Crippen LogP contribution in [0.3, 0.4) is 0 Å². The Morgan fingerprint density at radius 3 is 2.75 bits per heavy atom. The van der Waals surface area contributed by atoms with E-state index in [1.165, 1.54) is 11.3 Å². The molecule has 1 aliphatic carbocycles. The highest BCUT2D eigenvalue weighted by Gasteiger charge is 2.59. The number of benzene rings is 1. The van der Waals surface area contributed by atoms with Crippen molar-refractivity contribution < 1.29 is 4.84 Å². The van der Waals surface area contributed by atoms with Crippen LogP contribution in [0.15, 0.2) is 29.4 Å². The molecule has 4 rings (SSSR count). The number of nitrogens with zero attached hydrogens (tertiary/aromatic N) is 2. The molecule has 0 spiro atoms. The van der Waals surface area contributed by atoms with Crippen LogP contribution < -0.4 is 10.2 Å². The van der Waals surface area contributed by atoms with Gasteiger partial charge in [-0.2, -0.15) is 0 Å². The summed E-state index contributed by atoms with van der Waals surface area (Å²) in [6, 6.07) is 8.59. The number of nitrogens with one attached hydrogen (secondary N) is 1. The molecule has 0 amide bonds. The predicted molar refractivity (Wildman–Crippen MR) is 79.6 cm³/mol. The number of anilines is 1. The number of hydrogen-bond acceptors (Lipinski definition) is 4. The van der Waals surface area contributed by atoms with Gasteiger partial charge in [-0.05, 0) is 63.4 Å². The monoisotopic (exact) mass is 271 g/mol. The Balaban J connectivity index is 1.69. The van der Waals surface area contributed by atoms with Gasteiger partial charge in [-0.15, -0.1) is 0 Å². The Kier molecular flexibility index (Phi) is 2.43. The lowest BCUT2D eigenvalue weighted by atomic mass is 10.1. The molecule has 1 aromatic rings. The van der Waals surface area contributed by atoms with E-state index in [0.29, 0.717) is 5.92 Å². The van der Waals surface area contributed by atoms with Gasteiger partial charge in [0.1, 0.15) is 0 Å². The normalized spacial score (nSPS) is 33.6. The van der Waals surface area contributed by atoms with Gasteiger partial charge in [0.2, 0.25) is 5.72 Å². The molecule has 20 heavy (non-hydrogen) atoms. The van der Waals surface area contributed by atoms with E-state index in [1.807, 2.05) is 0 Å². The third-order valence-corrected chi connectivity index (χ3v) is 4.78. The molecule has 0 bridgehead atoms. The second-order valence-electron chi connectivity index (χ2n) is 6.67. The molecule has 1 saturated carbocycles. The SMILES string of the molecule is Cc1cccc(N2C(C3C4CNCC43)=NOC2(C)C)c1. The maximum atomic E-state index is 5.72. The van der Waals surface area contributed by atoms with Crippen LogP contribution in [0.5, 0.6) is 0 Å². The van der Waals surface area contributed by atoms with E-state index < -0.39 is 5.72 Å². The third-order valence-electron chi connectivity index (χ3n) is 4.78. The minimum absolute atomic E-state index is 0.395. The lowest BCUT2D eigenvalue weighted by molar-refractivity contribution is 0.0138. The van der Waals surface area contributed by atoms with Gasteiger partial charge in [0.25, 0.3) is 0 Å². The van der Waals surface area contributed by atoms with Crippen molar-refractivity contribution in [2.24, 2.45) is 22.9 Å². The van der Waals surface area contributed by atoms with Gasteiger partial charge in [-0.25, -0.2) is 0 Å². The Hall–Kier alpha value is -1.55. The van der Waals surface area contributed by atoms with E-state index >= 15 is 0 Å². The largest absolute Gasteiger partial charge is 0.366 e. The van der Waals surface area contributed by atoms with E-state index in [2.05, 4.69) is 60.4 Å². The van der Waals surface area contributed by atoms with Crippen molar-refractivity contribution in [2.45, 2.75) is 26.5 Å². The number of fused-ring (bicyclic) bond motifs is 1. The fourth-order valence-electron chi connectivity index (χ4n) is 3.74. The van der Waals surface area contributed by atoms with Crippen LogP contribution >= 0.6 is 0 Å². The standard InChI is InChI=1S/C16H21N3O/c1-10-5-4-6-11(7-10)19-15(18-20-16(19,2)3)14-12-8-17-9-13(12)14/h4-7,12-14,17H,8-9H2,1-3H3. The Bertz CT molecular complexity index is 571. The summed E-state index contributed by atoms with van der Waals surface area (Å²) in [7, 11) is 0. The van der Waals surface area contributed by atoms with Gasteiger partial charge < -0.3 is 10.2 Å². The van der Waals surface area contributed by atoms with E-state index in [4.69, 9.17) is 4.84 Å². The zero-order valence-corrected chi connectivity index (χ0v) is 12.3. The summed E-state index contributed by atoms with van der Waals surface area (Å²) in [6.07, 6.45) is 0. The quantitative estimate of drug-likeness (QED) is 0.897. The molecule has 2 atom stereocenters. The average molecular weight is 271 g/mol. The highest BCUT2D eigenvalue weighted by Crippen LogP contribution is 2.52. The summed E-state index contributed by atoms with van der Waals surface area (Å²) >= 11 is 0. The third kappa shape index (κ3) is 1.67. The topological polar surface area (TPSA) is 36.9 Å². The number of amidine groups is 1. The lowest BCUT2D eigenvalue weighted by Gasteiger charge is -2.32. The molecule has 2 fully saturated rings. The lowest BCUT2D eigenvalue weighted by Crippen LogP contribution is -2.45. The van der Waals surface area contributed by atoms with E-state index in [-0.39, 0.29) is 0 Å². The minimum atomic E-state index is -0.395. The molecule has 3 aliphatic rings. The molecular formula is C16H21N3O. The second kappa shape index (κ2) is 3.98. The van der Waals surface area contributed by atoms with Crippen molar-refractivity contribution >= 4 is 11.5 Å². The summed E-state index contributed by atoms with van der Waals surface area (Å²) in [5, 5.41) is 7.88. The number of hydrogen-bond donors (Lipinski definition) is 1. The van der Waals surface area contributed by atoms with Crippen LogP contribution in [0.2, 0.25) is 0 Å². The first kappa shape index (κ1) is 12.2. The van der Waals surface area contributed by atoms with Crippen molar-refractivity contribution in [3.8, 4) is 0 Å². The highest BCUT2D eigenvalue weighted by molar-refractivity contribution is 6.03. The number of oxime groups is 1. The van der Waals surface area contributed by atoms with Crippen molar-refractivity contribution in [2.75, 3.05) is 18.0 Å². The average Bonchev–Trinajstić information content (AvgIpc) is 2.76. The number of piperidine rings is 1. The summed E-state index contributed by atoms with van der Waals surface area (Å²) in [4.78, 5) is 8.00. The van der Waals surface area contributed by atoms with Gasteiger partial charge in [0.05, 0.1) is 0 Å². The van der Waals surface area contributed by atoms with Gasteiger partial charge in [0, 0.05) is 11.6 Å². The summed E-state index contributed by atoms with van der Waals surface area (Å²) in [6.45, 7) is 8.54. The molecule has 1 aromatic carbocycles. The van der Waals surface area contributed by atoms with Crippen molar-refractivity contribution in [3.05, 3.63) is 29.8 Å². The molecule has 1 N–H and O–H groups in total. The van der Waals surface area contributed by atoms with Crippen LogP contribution in [-0.2, 0) is 4.84 Å². The fraction of sp³-hybridized carbons (Fsp3) is 0.562. The van der Waals surface area contributed by atoms with Crippen LogP contribution in [-0.4, -0.2) is 24.7 Å². The predicted octanol–water partition coefficient (Wildman–Crippen LogP) is 2.35. The second-order valence-corrected chi connectivity index (χ2v) is 6.67. The maximum Gasteiger partial charge on any atom is 0.209 e. The van der Waals surface area contributed by atoms with E-state index in [1.54, 1.807) is 0 Å². The molecule has 2 aliphatic heterocycles. The summed E-state index contributed by atoms with van der Waals surface area (Å²) in [5.41, 5.74) is 2.05. The summed E-state index contributed by atoms with van der Waals surface area (Å²) < 4.78 is 0. The molecule has 0 aromatic heterocycles. The Labute approximate surface area is 119 Å². The van der Waals surface area contributed by atoms with Crippen LogP contribution in [0.25, 0.3) is 0 Å². The van der Waals surface area contributed by atoms with Gasteiger partial charge >= 0.3 is 0 Å². The van der Waals surface area contributed by atoms with Crippen molar-refractivity contribution in [3.63, 3.8) is 0 Å². The highest BCUT2D eigenvalue weighted by atomic mass is 16.7. The fourth-order valence-corrected chi connectivity index (χ4v) is 3.74. The van der Waals surface area contributed by atoms with Gasteiger partial charge in [-0.3, -0.25) is 4.90 Å². The number of aryl methyl sites for hydroxylation is 1. The zero-order chi connectivity index (χ0) is 13.9. The Morgan fingerprint density at radius 1 is 1.30 bits per heavy atom. The van der Waals surface area contributed by atoms with Gasteiger partial charge in [0.15, 0.2) is 5.84 Å². The minimum Gasteiger partial charge on any atom is -0.366 e. The number of rotatable bonds is 2. The van der Waals surface area contributed by atoms with Crippen molar-refractivity contribution in [1.82, 2.24) is 5.32 Å². The molecule has 2 unspecified atom stereocenters.